The van der Waals surface area contributed by atoms with Gasteiger partial charge in [-0.2, -0.15) is 0 Å². The molecule has 210 valence electrons. The lowest BCUT2D eigenvalue weighted by Gasteiger charge is -2.40. The van der Waals surface area contributed by atoms with Gasteiger partial charge < -0.3 is 24.2 Å². The smallest absolute Gasteiger partial charge is 0.309 e. The molecule has 1 atom stereocenters. The minimum Gasteiger partial charge on any atom is -0.497 e. The Labute approximate surface area is 238 Å². The zero-order valence-corrected chi connectivity index (χ0v) is 24.0. The van der Waals surface area contributed by atoms with Crippen molar-refractivity contribution in [2.75, 3.05) is 57.1 Å². The van der Waals surface area contributed by atoms with Crippen LogP contribution in [0.25, 0.3) is 0 Å². The number of benzene rings is 1. The second kappa shape index (κ2) is 13.3. The molecule has 2 saturated heterocycles. The van der Waals surface area contributed by atoms with Crippen molar-refractivity contribution in [3.05, 3.63) is 41.0 Å². The molecule has 3 heterocycles. The van der Waals surface area contributed by atoms with E-state index < -0.39 is 0 Å². The minimum atomic E-state index is -0.182. The van der Waals surface area contributed by atoms with Gasteiger partial charge in [-0.15, -0.1) is 0 Å². The molecule has 12 heteroatoms. The Balaban J connectivity index is 1.32. The first-order chi connectivity index (χ1) is 18.8. The monoisotopic (exact) mass is 575 g/mol. The van der Waals surface area contributed by atoms with Gasteiger partial charge >= 0.3 is 5.97 Å². The number of anilines is 1. The lowest BCUT2D eigenvalue weighted by Crippen LogP contribution is -2.54. The molecular formula is C27H34ClN5O5S. The van der Waals surface area contributed by atoms with Gasteiger partial charge in [-0.25, -0.2) is 9.97 Å². The van der Waals surface area contributed by atoms with Crippen LogP contribution in [0, 0.1) is 5.92 Å². The molecule has 2 aliphatic heterocycles. The fourth-order valence-corrected chi connectivity index (χ4v) is 5.83. The van der Waals surface area contributed by atoms with Gasteiger partial charge in [0.25, 0.3) is 5.91 Å². The number of hydrogen-bond acceptors (Lipinski definition) is 9. The van der Waals surface area contributed by atoms with E-state index in [4.69, 9.17) is 21.1 Å². The van der Waals surface area contributed by atoms with E-state index in [-0.39, 0.29) is 35.5 Å². The van der Waals surface area contributed by atoms with E-state index in [1.807, 2.05) is 24.0 Å². The maximum Gasteiger partial charge on any atom is 0.309 e. The number of amides is 2. The van der Waals surface area contributed by atoms with E-state index in [0.717, 1.165) is 0 Å². The Bertz CT molecular complexity index is 1190. The second-order valence-corrected chi connectivity index (χ2v) is 10.9. The number of piperidine rings is 1. The van der Waals surface area contributed by atoms with Crippen LogP contribution in [0.2, 0.25) is 5.15 Å². The molecule has 2 fully saturated rings. The van der Waals surface area contributed by atoms with E-state index >= 15 is 0 Å². The fourth-order valence-electron chi connectivity index (χ4n) is 4.84. The molecule has 0 N–H and O–H groups in total. The summed E-state index contributed by atoms with van der Waals surface area (Å²) in [7, 11) is 1.58. The highest BCUT2D eigenvalue weighted by Crippen LogP contribution is 2.26. The summed E-state index contributed by atoms with van der Waals surface area (Å²) in [5.41, 5.74) is 0.591. The van der Waals surface area contributed by atoms with E-state index in [1.54, 1.807) is 37.1 Å². The first kappa shape index (κ1) is 28.9. The molecule has 1 unspecified atom stereocenters. The first-order valence-electron chi connectivity index (χ1n) is 13.1. The van der Waals surface area contributed by atoms with Gasteiger partial charge in [0.15, 0.2) is 5.16 Å². The van der Waals surface area contributed by atoms with Gasteiger partial charge in [-0.1, -0.05) is 29.4 Å². The Morgan fingerprint density at radius 1 is 1.10 bits per heavy atom. The van der Waals surface area contributed by atoms with Gasteiger partial charge in [-0.3, -0.25) is 14.4 Å². The number of esters is 1. The van der Waals surface area contributed by atoms with Crippen LogP contribution in [0.4, 0.5) is 5.82 Å². The third-order valence-corrected chi connectivity index (χ3v) is 8.01. The van der Waals surface area contributed by atoms with E-state index in [2.05, 4.69) is 14.9 Å². The van der Waals surface area contributed by atoms with Crippen LogP contribution in [0.3, 0.4) is 0 Å². The quantitative estimate of drug-likeness (QED) is 0.203. The maximum atomic E-state index is 13.1. The molecule has 2 amide bonds. The number of likely N-dealkylation sites (tertiary alicyclic amines) is 1. The fraction of sp³-hybridized carbons (Fsp3) is 0.519. The van der Waals surface area contributed by atoms with Gasteiger partial charge in [0.05, 0.1) is 25.4 Å². The summed E-state index contributed by atoms with van der Waals surface area (Å²) in [4.78, 5) is 52.5. The van der Waals surface area contributed by atoms with E-state index in [9.17, 15) is 14.4 Å². The summed E-state index contributed by atoms with van der Waals surface area (Å²) >= 11 is 7.57. The number of methoxy groups -OCH3 is 1. The van der Waals surface area contributed by atoms with Gasteiger partial charge in [0.1, 0.15) is 16.7 Å². The third kappa shape index (κ3) is 7.33. The number of piperazine rings is 1. The van der Waals surface area contributed by atoms with Crippen molar-refractivity contribution >= 4 is 47.0 Å². The van der Waals surface area contributed by atoms with Crippen molar-refractivity contribution in [2.24, 2.45) is 5.92 Å². The molecule has 1 aromatic carbocycles. The number of hydrogen-bond donors (Lipinski definition) is 0. The Kier molecular flexibility index (Phi) is 9.90. The summed E-state index contributed by atoms with van der Waals surface area (Å²) in [6.07, 6.45) is 1.22. The van der Waals surface area contributed by atoms with Crippen LogP contribution in [-0.4, -0.2) is 95.8 Å². The summed E-state index contributed by atoms with van der Waals surface area (Å²) in [6, 6.07) is 8.82. The topological polar surface area (TPSA) is 105 Å². The molecule has 39 heavy (non-hydrogen) atoms. The molecule has 0 bridgehead atoms. The molecule has 0 saturated carbocycles. The first-order valence-corrected chi connectivity index (χ1v) is 14.5. The number of nitrogens with zero attached hydrogens (tertiary/aromatic N) is 5. The van der Waals surface area contributed by atoms with Crippen molar-refractivity contribution in [1.29, 1.82) is 0 Å². The van der Waals surface area contributed by atoms with Crippen LogP contribution >= 0.6 is 23.4 Å². The molecule has 0 radical (unpaired) electrons. The Morgan fingerprint density at radius 2 is 1.87 bits per heavy atom. The van der Waals surface area contributed by atoms with Crippen LogP contribution in [0.15, 0.2) is 35.5 Å². The lowest BCUT2D eigenvalue weighted by molar-refractivity contribution is -0.151. The van der Waals surface area contributed by atoms with Crippen molar-refractivity contribution in [1.82, 2.24) is 19.8 Å². The summed E-state index contributed by atoms with van der Waals surface area (Å²) in [5.74, 6) is 1.11. The normalized spacial score (nSPS) is 18.2. The maximum absolute atomic E-state index is 13.1. The molecule has 0 spiro atoms. The average molecular weight is 576 g/mol. The van der Waals surface area contributed by atoms with Gasteiger partial charge in [-0.05, 0) is 44.9 Å². The number of carbonyl (C=O) groups is 3. The molecule has 2 aromatic rings. The van der Waals surface area contributed by atoms with Gasteiger partial charge in [0.2, 0.25) is 5.91 Å². The number of aromatic nitrogens is 2. The number of ether oxygens (including phenoxy) is 2. The standard InChI is InChI=1S/C27H34ClN5O5S/c1-4-38-26(36)19-8-10-31(11-9-19)24(34)17-39-27-29-22(28)15-23(30-27)32-12-13-33(18(2)16-32)25(35)20-6-5-7-21(14-20)37-3/h5-7,14-15,18-19H,4,8-13,16-17H2,1-3H3. The van der Waals surface area contributed by atoms with E-state index in [1.165, 1.54) is 11.8 Å². The number of halogens is 1. The molecule has 10 nitrogen and oxygen atoms in total. The molecule has 0 aliphatic carbocycles. The van der Waals surface area contributed by atoms with Crippen LogP contribution in [0.1, 0.15) is 37.0 Å². The van der Waals surface area contributed by atoms with Crippen molar-refractivity contribution in [3.8, 4) is 5.75 Å². The predicted octanol–water partition coefficient (Wildman–Crippen LogP) is 3.38. The summed E-state index contributed by atoms with van der Waals surface area (Å²) < 4.78 is 10.4. The summed E-state index contributed by atoms with van der Waals surface area (Å²) in [6.45, 7) is 6.93. The largest absolute Gasteiger partial charge is 0.497 e. The average Bonchev–Trinajstić information content (AvgIpc) is 2.95. The van der Waals surface area contributed by atoms with Gasteiger partial charge in [0, 0.05) is 50.4 Å². The predicted molar refractivity (Wildman–Crippen MR) is 149 cm³/mol. The zero-order valence-electron chi connectivity index (χ0n) is 22.5. The molecule has 2 aliphatic rings. The van der Waals surface area contributed by atoms with Crippen LogP contribution in [0.5, 0.6) is 5.75 Å². The minimum absolute atomic E-state index is 0.0225. The van der Waals surface area contributed by atoms with Crippen molar-refractivity contribution < 1.29 is 23.9 Å². The molecular weight excluding hydrogens is 542 g/mol. The third-order valence-electron chi connectivity index (χ3n) is 6.98. The van der Waals surface area contributed by atoms with Crippen molar-refractivity contribution in [3.63, 3.8) is 0 Å². The Morgan fingerprint density at radius 3 is 2.56 bits per heavy atom. The van der Waals surface area contributed by atoms with Crippen LogP contribution in [-0.2, 0) is 14.3 Å². The SMILES string of the molecule is CCOC(=O)C1CCN(C(=O)CSc2nc(Cl)cc(N3CCN(C(=O)c4cccc(OC)c4)C(C)C3)n2)CC1. The lowest BCUT2D eigenvalue weighted by atomic mass is 9.97. The number of thioether (sulfide) groups is 1. The van der Waals surface area contributed by atoms with E-state index in [0.29, 0.717) is 79.6 Å². The van der Waals surface area contributed by atoms with Crippen molar-refractivity contribution in [2.45, 2.75) is 37.9 Å². The van der Waals surface area contributed by atoms with Crippen LogP contribution < -0.4 is 9.64 Å². The number of rotatable bonds is 8. The molecule has 4 rings (SSSR count). The number of carbonyl (C=O) groups excluding carboxylic acids is 3. The highest BCUT2D eigenvalue weighted by atomic mass is 35.5. The zero-order chi connectivity index (χ0) is 27.9. The second-order valence-electron chi connectivity index (χ2n) is 9.55. The highest BCUT2D eigenvalue weighted by molar-refractivity contribution is 7.99. The highest BCUT2D eigenvalue weighted by Gasteiger charge is 2.30. The molecule has 1 aromatic heterocycles. The Hall–Kier alpha value is -3.05. The summed E-state index contributed by atoms with van der Waals surface area (Å²) in [5, 5.41) is 0.725.